The molecular weight excluding hydrogens is 304 g/mol. The van der Waals surface area contributed by atoms with E-state index in [1.165, 1.54) is 5.56 Å². The van der Waals surface area contributed by atoms with E-state index in [1.807, 2.05) is 17.0 Å². The average molecular weight is 332 g/mol. The number of hydrogen-bond donors (Lipinski definition) is 1. The van der Waals surface area contributed by atoms with Gasteiger partial charge in [0, 0.05) is 44.1 Å². The molecular formula is C18H28N4O2. The molecule has 132 valence electrons. The summed E-state index contributed by atoms with van der Waals surface area (Å²) in [5.74, 6) is 0. The highest BCUT2D eigenvalue weighted by Gasteiger charge is 2.32. The molecule has 3 heterocycles. The fourth-order valence-corrected chi connectivity index (χ4v) is 3.62. The largest absolute Gasteiger partial charge is 0.379 e. The van der Waals surface area contributed by atoms with Gasteiger partial charge >= 0.3 is 6.03 Å². The van der Waals surface area contributed by atoms with Gasteiger partial charge in [0.2, 0.25) is 0 Å². The van der Waals surface area contributed by atoms with Gasteiger partial charge in [-0.1, -0.05) is 0 Å². The Morgan fingerprint density at radius 3 is 2.71 bits per heavy atom. The number of likely N-dealkylation sites (tertiary alicyclic amines) is 1. The number of urea groups is 1. The first-order chi connectivity index (χ1) is 11.6. The summed E-state index contributed by atoms with van der Waals surface area (Å²) in [5.41, 5.74) is 1.11. The number of morpholine rings is 1. The van der Waals surface area contributed by atoms with E-state index >= 15 is 0 Å². The number of nitrogens with zero attached hydrogens (tertiary/aromatic N) is 3. The minimum Gasteiger partial charge on any atom is -0.379 e. The van der Waals surface area contributed by atoms with Gasteiger partial charge in [-0.2, -0.15) is 0 Å². The van der Waals surface area contributed by atoms with Crippen LogP contribution in [0.5, 0.6) is 0 Å². The molecule has 24 heavy (non-hydrogen) atoms. The molecule has 2 aliphatic heterocycles. The van der Waals surface area contributed by atoms with Crippen molar-refractivity contribution in [3.05, 3.63) is 30.1 Å². The van der Waals surface area contributed by atoms with Crippen LogP contribution in [0.1, 0.15) is 38.3 Å². The summed E-state index contributed by atoms with van der Waals surface area (Å²) in [6.07, 6.45) is 5.66. The summed E-state index contributed by atoms with van der Waals surface area (Å²) >= 11 is 0. The van der Waals surface area contributed by atoms with Gasteiger partial charge < -0.3 is 15.0 Å². The molecule has 6 nitrogen and oxygen atoms in total. The molecule has 1 aromatic rings. The van der Waals surface area contributed by atoms with Gasteiger partial charge in [0.15, 0.2) is 0 Å². The maximum atomic E-state index is 12.7. The minimum absolute atomic E-state index is 0.0376. The van der Waals surface area contributed by atoms with Gasteiger partial charge in [0.25, 0.3) is 0 Å². The van der Waals surface area contributed by atoms with Crippen LogP contribution in [0.3, 0.4) is 0 Å². The van der Waals surface area contributed by atoms with E-state index in [0.29, 0.717) is 6.54 Å². The molecule has 2 amide bonds. The van der Waals surface area contributed by atoms with Crippen molar-refractivity contribution in [2.75, 3.05) is 39.4 Å². The molecule has 0 aromatic carbocycles. The van der Waals surface area contributed by atoms with E-state index in [9.17, 15) is 4.79 Å². The van der Waals surface area contributed by atoms with Crippen molar-refractivity contribution in [3.63, 3.8) is 0 Å². The average Bonchev–Trinajstić information content (AvgIpc) is 3.11. The van der Waals surface area contributed by atoms with E-state index in [2.05, 4.69) is 29.0 Å². The Labute approximate surface area is 144 Å². The second-order valence-electron chi connectivity index (χ2n) is 7.20. The number of pyridine rings is 1. The number of hydrogen-bond acceptors (Lipinski definition) is 4. The standard InChI is InChI=1S/C18H28N4O2/c1-18(2,21-10-12-24-13-11-21)14-20-17(23)22-9-3-4-16(22)15-5-7-19-8-6-15/h5-8,16H,3-4,9-14H2,1-2H3,(H,20,23). The predicted octanol–water partition coefficient (Wildman–Crippen LogP) is 2.04. The highest BCUT2D eigenvalue weighted by atomic mass is 16.5. The SMILES string of the molecule is CC(C)(CNC(=O)N1CCCC1c1ccncc1)N1CCOCC1. The van der Waals surface area contributed by atoms with Crippen LogP contribution in [0.15, 0.2) is 24.5 Å². The zero-order chi connectivity index (χ0) is 17.0. The molecule has 2 aliphatic rings. The van der Waals surface area contributed by atoms with Crippen molar-refractivity contribution >= 4 is 6.03 Å². The van der Waals surface area contributed by atoms with Gasteiger partial charge in [-0.05, 0) is 44.4 Å². The minimum atomic E-state index is -0.0642. The molecule has 1 unspecified atom stereocenters. The number of amides is 2. The van der Waals surface area contributed by atoms with E-state index in [0.717, 1.165) is 45.7 Å². The van der Waals surface area contributed by atoms with Crippen molar-refractivity contribution in [1.29, 1.82) is 0 Å². The second kappa shape index (κ2) is 7.49. The lowest BCUT2D eigenvalue weighted by Gasteiger charge is -2.41. The Kier molecular flexibility index (Phi) is 5.36. The van der Waals surface area contributed by atoms with Crippen LogP contribution in [0.4, 0.5) is 4.79 Å². The molecule has 0 radical (unpaired) electrons. The maximum Gasteiger partial charge on any atom is 0.317 e. The molecule has 0 aliphatic carbocycles. The number of aromatic nitrogens is 1. The van der Waals surface area contributed by atoms with Crippen LogP contribution >= 0.6 is 0 Å². The Bertz CT molecular complexity index is 543. The van der Waals surface area contributed by atoms with Crippen LogP contribution < -0.4 is 5.32 Å². The normalized spacial score (nSPS) is 22.6. The Balaban J connectivity index is 1.58. The summed E-state index contributed by atoms with van der Waals surface area (Å²) in [4.78, 5) is 21.1. The third kappa shape index (κ3) is 3.87. The smallest absolute Gasteiger partial charge is 0.317 e. The number of carbonyl (C=O) groups excluding carboxylic acids is 1. The van der Waals surface area contributed by atoms with Crippen molar-refractivity contribution < 1.29 is 9.53 Å². The first-order valence-electron chi connectivity index (χ1n) is 8.85. The van der Waals surface area contributed by atoms with Crippen molar-refractivity contribution in [2.24, 2.45) is 0 Å². The molecule has 1 aromatic heterocycles. The quantitative estimate of drug-likeness (QED) is 0.917. The zero-order valence-corrected chi connectivity index (χ0v) is 14.7. The number of rotatable bonds is 4. The van der Waals surface area contributed by atoms with E-state index in [4.69, 9.17) is 4.74 Å². The van der Waals surface area contributed by atoms with Crippen LogP contribution in [-0.4, -0.2) is 65.7 Å². The van der Waals surface area contributed by atoms with Crippen molar-refractivity contribution in [2.45, 2.75) is 38.3 Å². The monoisotopic (exact) mass is 332 g/mol. The van der Waals surface area contributed by atoms with E-state index in [-0.39, 0.29) is 17.6 Å². The number of carbonyl (C=O) groups is 1. The van der Waals surface area contributed by atoms with Crippen LogP contribution in [-0.2, 0) is 4.74 Å². The Morgan fingerprint density at radius 1 is 1.29 bits per heavy atom. The molecule has 1 atom stereocenters. The van der Waals surface area contributed by atoms with Crippen molar-refractivity contribution in [3.8, 4) is 0 Å². The number of nitrogens with one attached hydrogen (secondary N) is 1. The first-order valence-corrected chi connectivity index (χ1v) is 8.85. The summed E-state index contributed by atoms with van der Waals surface area (Å²) in [5, 5.41) is 3.15. The lowest BCUT2D eigenvalue weighted by Crippen LogP contribution is -2.56. The van der Waals surface area contributed by atoms with Gasteiger partial charge in [0.1, 0.15) is 0 Å². The van der Waals surface area contributed by atoms with Crippen LogP contribution in [0.25, 0.3) is 0 Å². The van der Waals surface area contributed by atoms with Crippen LogP contribution in [0.2, 0.25) is 0 Å². The lowest BCUT2D eigenvalue weighted by molar-refractivity contribution is -0.00907. The predicted molar refractivity (Wildman–Crippen MR) is 92.8 cm³/mol. The maximum absolute atomic E-state index is 12.7. The van der Waals surface area contributed by atoms with Crippen molar-refractivity contribution in [1.82, 2.24) is 20.1 Å². The summed E-state index contributed by atoms with van der Waals surface area (Å²) in [7, 11) is 0. The highest BCUT2D eigenvalue weighted by Crippen LogP contribution is 2.31. The van der Waals surface area contributed by atoms with E-state index in [1.54, 1.807) is 12.4 Å². The summed E-state index contributed by atoms with van der Waals surface area (Å²) in [6.45, 7) is 9.22. The van der Waals surface area contributed by atoms with E-state index < -0.39 is 0 Å². The third-order valence-corrected chi connectivity index (χ3v) is 5.14. The Morgan fingerprint density at radius 2 is 2.00 bits per heavy atom. The summed E-state index contributed by atoms with van der Waals surface area (Å²) in [6, 6.07) is 4.22. The highest BCUT2D eigenvalue weighted by molar-refractivity contribution is 5.75. The lowest BCUT2D eigenvalue weighted by atomic mass is 10.0. The molecule has 2 saturated heterocycles. The number of ether oxygens (including phenoxy) is 1. The second-order valence-corrected chi connectivity index (χ2v) is 7.20. The van der Waals surface area contributed by atoms with Gasteiger partial charge in [-0.3, -0.25) is 9.88 Å². The molecule has 0 saturated carbocycles. The van der Waals surface area contributed by atoms with Crippen LogP contribution in [0, 0.1) is 0 Å². The molecule has 0 spiro atoms. The Hall–Kier alpha value is -1.66. The molecule has 2 fully saturated rings. The molecule has 1 N–H and O–H groups in total. The molecule has 3 rings (SSSR count). The fraction of sp³-hybridized carbons (Fsp3) is 0.667. The van der Waals surface area contributed by atoms with Gasteiger partial charge in [-0.25, -0.2) is 4.79 Å². The zero-order valence-electron chi connectivity index (χ0n) is 14.7. The molecule has 6 heteroatoms. The summed E-state index contributed by atoms with van der Waals surface area (Å²) < 4.78 is 5.42. The van der Waals surface area contributed by atoms with Gasteiger partial charge in [0.05, 0.1) is 19.3 Å². The topological polar surface area (TPSA) is 57.7 Å². The first kappa shape index (κ1) is 17.2. The third-order valence-electron chi connectivity index (χ3n) is 5.14. The van der Waals surface area contributed by atoms with Gasteiger partial charge in [-0.15, -0.1) is 0 Å². The fourth-order valence-electron chi connectivity index (χ4n) is 3.62. The molecule has 0 bridgehead atoms.